The number of carbonyl (C=O) groups is 2. The zero-order valence-electron chi connectivity index (χ0n) is 25.6. The molecule has 7 atom stereocenters. The summed E-state index contributed by atoms with van der Waals surface area (Å²) in [6, 6.07) is 4.12. The predicted octanol–water partition coefficient (Wildman–Crippen LogP) is 8.13. The van der Waals surface area contributed by atoms with Crippen molar-refractivity contribution < 1.29 is 27.5 Å². The third-order valence-electron chi connectivity index (χ3n) is 10.8. The fraction of sp³-hybridized carbons (Fsp3) is 0.556. The van der Waals surface area contributed by atoms with Crippen molar-refractivity contribution in [3.63, 3.8) is 0 Å². The molecule has 9 heteroatoms. The number of hydrogen-bond acceptors (Lipinski definition) is 6. The minimum absolute atomic E-state index is 0.00540. The standard InChI is InChI=1S/C36H39F3N2O3S/c1-35(2,33(43)27-16-22(27)15-23-18-40-19-45-23)31-25-5-3-4-6-30(25)44-34-26(31)9-10-29(41-34)21-7-8-24(28(37)17-21)32(42)20-11-13-36(38,39)14-12-20/h3-9,17,19-20,22-23,25,27,29-31H,10-16,18H2,1-2H3/t22?,23?,25?,27?,29?,30?,31-/m0/s1. The van der Waals surface area contributed by atoms with Gasteiger partial charge in [-0.25, -0.2) is 18.2 Å². The lowest BCUT2D eigenvalue weighted by atomic mass is 9.61. The molecule has 5 nitrogen and oxygen atoms in total. The highest BCUT2D eigenvalue weighted by Gasteiger charge is 2.56. The highest BCUT2D eigenvalue weighted by Crippen LogP contribution is 2.54. The maximum Gasteiger partial charge on any atom is 0.248 e. The van der Waals surface area contributed by atoms with Gasteiger partial charge >= 0.3 is 0 Å². The lowest BCUT2D eigenvalue weighted by molar-refractivity contribution is -0.132. The first-order valence-corrected chi connectivity index (χ1v) is 17.2. The highest BCUT2D eigenvalue weighted by molar-refractivity contribution is 8.12. The summed E-state index contributed by atoms with van der Waals surface area (Å²) in [6.45, 7) is 4.98. The number of rotatable bonds is 8. The van der Waals surface area contributed by atoms with Gasteiger partial charge in [0.25, 0.3) is 0 Å². The van der Waals surface area contributed by atoms with E-state index in [-0.39, 0.29) is 55.1 Å². The highest BCUT2D eigenvalue weighted by atomic mass is 32.2. The normalized spacial score (nSPS) is 33.5. The summed E-state index contributed by atoms with van der Waals surface area (Å²) in [6.07, 6.45) is 11.9. The van der Waals surface area contributed by atoms with Crippen LogP contribution in [0.1, 0.15) is 80.8 Å². The van der Waals surface area contributed by atoms with Gasteiger partial charge in [-0.2, -0.15) is 0 Å². The molecular formula is C36H39F3N2O3S. The molecule has 7 rings (SSSR count). The van der Waals surface area contributed by atoms with E-state index in [9.17, 15) is 18.4 Å². The van der Waals surface area contributed by atoms with Crippen LogP contribution in [0.4, 0.5) is 13.2 Å². The zero-order valence-corrected chi connectivity index (χ0v) is 26.4. The number of aliphatic imine (C=N–C) groups is 2. The summed E-state index contributed by atoms with van der Waals surface area (Å²) < 4.78 is 49.0. The fourth-order valence-electron chi connectivity index (χ4n) is 8.11. The van der Waals surface area contributed by atoms with Crippen molar-refractivity contribution in [1.29, 1.82) is 0 Å². The second-order valence-electron chi connectivity index (χ2n) is 14.1. The van der Waals surface area contributed by atoms with E-state index in [2.05, 4.69) is 31.0 Å². The lowest BCUT2D eigenvalue weighted by Gasteiger charge is -2.47. The predicted molar refractivity (Wildman–Crippen MR) is 170 cm³/mol. The second-order valence-corrected chi connectivity index (χ2v) is 15.3. The van der Waals surface area contributed by atoms with Crippen molar-refractivity contribution >= 4 is 34.8 Å². The number of Topliss-reactive ketones (excluding diaryl/α,β-unsaturated/α-hetero) is 2. The van der Waals surface area contributed by atoms with E-state index >= 15 is 4.39 Å². The maximum absolute atomic E-state index is 15.3. The Morgan fingerprint density at radius 2 is 1.91 bits per heavy atom. The van der Waals surface area contributed by atoms with Crippen LogP contribution in [-0.2, 0) is 9.53 Å². The maximum atomic E-state index is 15.3. The average Bonchev–Trinajstić information content (AvgIpc) is 3.58. The van der Waals surface area contributed by atoms with Crippen molar-refractivity contribution in [2.45, 2.75) is 82.1 Å². The van der Waals surface area contributed by atoms with Crippen molar-refractivity contribution in [3.05, 3.63) is 71.1 Å². The lowest BCUT2D eigenvalue weighted by Crippen LogP contribution is -2.49. The van der Waals surface area contributed by atoms with Gasteiger partial charge in [0.05, 0.1) is 23.7 Å². The van der Waals surface area contributed by atoms with Gasteiger partial charge in [-0.3, -0.25) is 14.6 Å². The molecule has 6 unspecified atom stereocenters. The number of ether oxygens (including phenoxy) is 1. The molecule has 3 aliphatic carbocycles. The quantitative estimate of drug-likeness (QED) is 0.270. The number of allylic oxidation sites excluding steroid dienone is 2. The topological polar surface area (TPSA) is 68.1 Å². The van der Waals surface area contributed by atoms with Crippen LogP contribution in [0.2, 0.25) is 0 Å². The van der Waals surface area contributed by atoms with Crippen molar-refractivity contribution in [1.82, 2.24) is 0 Å². The summed E-state index contributed by atoms with van der Waals surface area (Å²) in [5.74, 6) is -3.24. The molecule has 0 N–H and O–H groups in total. The van der Waals surface area contributed by atoms with Gasteiger partial charge in [0.2, 0.25) is 11.8 Å². The Balaban J connectivity index is 1.10. The van der Waals surface area contributed by atoms with Crippen LogP contribution in [-0.4, -0.2) is 46.8 Å². The van der Waals surface area contributed by atoms with Gasteiger partial charge in [-0.15, -0.1) is 11.8 Å². The molecule has 0 amide bonds. The molecule has 1 aromatic rings. The molecule has 3 aliphatic heterocycles. The molecule has 0 aromatic heterocycles. The summed E-state index contributed by atoms with van der Waals surface area (Å²) in [4.78, 5) is 36.4. The van der Waals surface area contributed by atoms with E-state index < -0.39 is 34.9 Å². The number of hydrogen-bond donors (Lipinski definition) is 0. The van der Waals surface area contributed by atoms with Crippen molar-refractivity contribution in [2.24, 2.45) is 45.0 Å². The van der Waals surface area contributed by atoms with E-state index in [0.717, 1.165) is 25.0 Å². The number of alkyl halides is 2. The van der Waals surface area contributed by atoms with Crippen LogP contribution in [0.5, 0.6) is 0 Å². The van der Waals surface area contributed by atoms with E-state index in [0.29, 0.717) is 34.8 Å². The Morgan fingerprint density at radius 3 is 2.64 bits per heavy atom. The first-order valence-electron chi connectivity index (χ1n) is 16.2. The Kier molecular flexibility index (Phi) is 7.98. The van der Waals surface area contributed by atoms with Gasteiger partial charge in [-0.1, -0.05) is 44.2 Å². The number of carbonyl (C=O) groups excluding carboxylic acids is 2. The average molecular weight is 637 g/mol. The van der Waals surface area contributed by atoms with Gasteiger partial charge in [0, 0.05) is 52.8 Å². The van der Waals surface area contributed by atoms with E-state index in [1.54, 1.807) is 17.8 Å². The van der Waals surface area contributed by atoms with E-state index in [1.165, 1.54) is 12.1 Å². The second kappa shape index (κ2) is 11.7. The first-order chi connectivity index (χ1) is 21.5. The first kappa shape index (κ1) is 30.7. The Bertz CT molecular complexity index is 1530. The smallest absolute Gasteiger partial charge is 0.248 e. The fourth-order valence-corrected chi connectivity index (χ4v) is 8.99. The summed E-state index contributed by atoms with van der Waals surface area (Å²) >= 11 is 1.77. The van der Waals surface area contributed by atoms with Crippen LogP contribution in [0.3, 0.4) is 0 Å². The molecule has 1 aromatic carbocycles. The molecule has 0 spiro atoms. The molecule has 3 heterocycles. The number of ketones is 2. The zero-order chi connectivity index (χ0) is 31.5. The Hall–Kier alpha value is -2.94. The van der Waals surface area contributed by atoms with Crippen molar-refractivity contribution in [3.8, 4) is 0 Å². The third kappa shape index (κ3) is 5.90. The number of halogens is 3. The summed E-state index contributed by atoms with van der Waals surface area (Å²) in [5, 5.41) is 0.476. The van der Waals surface area contributed by atoms with E-state index in [4.69, 9.17) is 9.73 Å². The molecule has 3 fully saturated rings. The van der Waals surface area contributed by atoms with Gasteiger partial charge in [-0.05, 0) is 61.8 Å². The molecular weight excluding hydrogens is 597 g/mol. The third-order valence-corrected chi connectivity index (χ3v) is 11.8. The largest absolute Gasteiger partial charge is 0.469 e. The Morgan fingerprint density at radius 1 is 1.13 bits per heavy atom. The monoisotopic (exact) mass is 636 g/mol. The molecule has 6 aliphatic rings. The SMILES string of the molecule is CC(C)(C(=O)C1CC1CC1CN=CS1)[C@@H]1C2=CCC(c3ccc(C(=O)C4CCC(F)(F)CC4)c(F)c3)N=C2OC2C=CC=CC21. The number of nitrogens with zero attached hydrogens (tertiary/aromatic N) is 2. The van der Waals surface area contributed by atoms with E-state index in [1.807, 2.05) is 23.8 Å². The molecule has 45 heavy (non-hydrogen) atoms. The van der Waals surface area contributed by atoms with Gasteiger partial charge in [0.1, 0.15) is 17.7 Å². The summed E-state index contributed by atoms with van der Waals surface area (Å²) in [5.41, 5.74) is 2.78. The number of benzene rings is 1. The number of dihydropyridines is 1. The molecule has 1 saturated heterocycles. The number of fused-ring (bicyclic) bond motifs is 2. The van der Waals surface area contributed by atoms with Crippen LogP contribution in [0.25, 0.3) is 0 Å². The van der Waals surface area contributed by atoms with Gasteiger partial charge < -0.3 is 4.74 Å². The van der Waals surface area contributed by atoms with Crippen LogP contribution < -0.4 is 0 Å². The molecule has 2 saturated carbocycles. The number of thioether (sulfide) groups is 1. The molecule has 0 radical (unpaired) electrons. The van der Waals surface area contributed by atoms with Crippen LogP contribution in [0.15, 0.2) is 64.1 Å². The molecule has 238 valence electrons. The van der Waals surface area contributed by atoms with Gasteiger partial charge in [0.15, 0.2) is 5.78 Å². The van der Waals surface area contributed by atoms with Crippen molar-refractivity contribution in [2.75, 3.05) is 6.54 Å². The molecule has 0 bridgehead atoms. The minimum Gasteiger partial charge on any atom is -0.469 e. The summed E-state index contributed by atoms with van der Waals surface area (Å²) in [7, 11) is 0. The van der Waals surface area contributed by atoms with Crippen LogP contribution in [0, 0.1) is 40.8 Å². The minimum atomic E-state index is -2.75. The van der Waals surface area contributed by atoms with Crippen LogP contribution >= 0.6 is 11.8 Å². The Labute approximate surface area is 266 Å².